The molecule has 16 heteroatoms. The van der Waals surface area contributed by atoms with Crippen LogP contribution in [0.25, 0.3) is 0 Å². The van der Waals surface area contributed by atoms with Crippen LogP contribution < -0.4 is 15.0 Å². The minimum absolute atomic E-state index is 0.0540. The number of rotatable bonds is 7. The van der Waals surface area contributed by atoms with Crippen LogP contribution in [0.5, 0.6) is 5.75 Å². The molecule has 0 radical (unpaired) electrons. The lowest BCUT2D eigenvalue weighted by molar-refractivity contribution is 0.0410. The molecule has 3 atom stereocenters. The van der Waals surface area contributed by atoms with Gasteiger partial charge in [0.25, 0.3) is 11.8 Å². The number of piperazine rings is 1. The monoisotopic (exact) mass is 774 g/mol. The maximum absolute atomic E-state index is 14.5. The first-order valence-corrected chi connectivity index (χ1v) is 17.7. The largest absolute Gasteiger partial charge is 0.482 e. The van der Waals surface area contributed by atoms with Crippen LogP contribution in [0.2, 0.25) is 10.0 Å². The molecule has 0 bridgehead atoms. The number of benzene rings is 2. The number of carbonyl (C=O) groups is 4. The van der Waals surface area contributed by atoms with Crippen molar-refractivity contribution < 1.29 is 37.8 Å². The van der Waals surface area contributed by atoms with E-state index in [0.717, 1.165) is 12.1 Å². The third kappa shape index (κ3) is 10.3. The number of anilines is 2. The number of nitrogens with one attached hydrogen (secondary N) is 1. The van der Waals surface area contributed by atoms with E-state index in [9.17, 15) is 23.6 Å². The van der Waals surface area contributed by atoms with Crippen molar-refractivity contribution >= 4 is 58.7 Å². The Hall–Kier alpha value is -4.53. The van der Waals surface area contributed by atoms with Gasteiger partial charge >= 0.3 is 12.2 Å². The van der Waals surface area contributed by atoms with Crippen LogP contribution >= 0.6 is 23.2 Å². The molecule has 4 amide bonds. The highest BCUT2D eigenvalue weighted by molar-refractivity contribution is 6.36. The van der Waals surface area contributed by atoms with Crippen molar-refractivity contribution in [1.29, 1.82) is 0 Å². The van der Waals surface area contributed by atoms with Gasteiger partial charge in [0.15, 0.2) is 11.4 Å². The summed E-state index contributed by atoms with van der Waals surface area (Å²) in [5.41, 5.74) is -1.54. The third-order valence-electron chi connectivity index (χ3n) is 8.16. The van der Waals surface area contributed by atoms with Gasteiger partial charge in [0.05, 0.1) is 5.02 Å². The second kappa shape index (κ2) is 16.2. The van der Waals surface area contributed by atoms with Crippen molar-refractivity contribution in [3.63, 3.8) is 0 Å². The summed E-state index contributed by atoms with van der Waals surface area (Å²) < 4.78 is 31.6. The van der Waals surface area contributed by atoms with Crippen LogP contribution in [0, 0.1) is 5.82 Å². The summed E-state index contributed by atoms with van der Waals surface area (Å²) >= 11 is 12.6. The Morgan fingerprint density at radius 1 is 0.906 bits per heavy atom. The molecule has 0 spiro atoms. The van der Waals surface area contributed by atoms with E-state index in [2.05, 4.69) is 34.3 Å². The van der Waals surface area contributed by atoms with Crippen LogP contribution in [0.4, 0.5) is 25.5 Å². The number of aromatic nitrogens is 2. The van der Waals surface area contributed by atoms with E-state index in [-0.39, 0.29) is 45.0 Å². The topological polar surface area (TPSA) is 144 Å². The number of amides is 4. The highest BCUT2D eigenvalue weighted by Gasteiger charge is 2.37. The highest BCUT2D eigenvalue weighted by Crippen LogP contribution is 2.38. The number of likely N-dealkylation sites (N-methyl/N-ethyl adjacent to an activating group) is 1. The molecule has 0 saturated carbocycles. The first kappa shape index (κ1) is 41.2. The summed E-state index contributed by atoms with van der Waals surface area (Å²) in [5.74, 6) is -2.44. The van der Waals surface area contributed by atoms with Crippen molar-refractivity contribution in [3.8, 4) is 5.75 Å². The second-order valence-electron chi connectivity index (χ2n) is 14.8. The van der Waals surface area contributed by atoms with Gasteiger partial charge in [0.1, 0.15) is 23.1 Å². The molecule has 1 fully saturated rings. The molecular weight excluding hydrogens is 730 g/mol. The van der Waals surface area contributed by atoms with E-state index in [4.69, 9.17) is 37.4 Å². The smallest absolute Gasteiger partial charge is 0.425 e. The standard InChI is InChI=1S/C37H45Cl2FN6O7/c1-20-18-45(19-21(2)44(20)10)33(48)23-11-13-24(14-12-23)41-32(47)27-17-28(51-22(3)29-25(38)15-16-26(40)30(29)39)31(43-42-27)46(34(49)52-36(4,5)6)35(50)53-37(7,8)9/h11-17,20-22H,18-19H2,1-10H3,(H,41,47)/t20-,21+,22-/m1/s1. The molecule has 1 N–H and O–H groups in total. The van der Waals surface area contributed by atoms with E-state index in [0.29, 0.717) is 29.2 Å². The molecule has 53 heavy (non-hydrogen) atoms. The predicted molar refractivity (Wildman–Crippen MR) is 199 cm³/mol. The van der Waals surface area contributed by atoms with E-state index < -0.39 is 47.0 Å². The number of carbonyl (C=O) groups excluding carboxylic acids is 4. The Balaban J connectivity index is 1.70. The molecule has 3 aromatic rings. The third-order valence-corrected chi connectivity index (χ3v) is 8.88. The van der Waals surface area contributed by atoms with E-state index in [1.54, 1.807) is 65.8 Å². The number of imide groups is 1. The average Bonchev–Trinajstić information content (AvgIpc) is 3.04. The number of hydrogen-bond acceptors (Lipinski definition) is 10. The Labute approximate surface area is 318 Å². The lowest BCUT2D eigenvalue weighted by Crippen LogP contribution is -2.56. The number of hydrogen-bond donors (Lipinski definition) is 1. The molecule has 4 rings (SSSR count). The van der Waals surface area contributed by atoms with Crippen LogP contribution in [-0.2, 0) is 9.47 Å². The Kier molecular flexibility index (Phi) is 12.6. The molecule has 286 valence electrons. The SMILES string of the molecule is C[C@@H]1CN(C(=O)c2ccc(NC(=O)c3cc(O[C@H](C)c4c(Cl)ccc(F)c4Cl)c(N(C(=O)OC(C)(C)C)C(=O)OC(C)(C)C)nn3)cc2)C[C@H](C)N1C. The van der Waals surface area contributed by atoms with Crippen LogP contribution in [-0.4, -0.2) is 87.4 Å². The highest BCUT2D eigenvalue weighted by atomic mass is 35.5. The number of nitrogens with zero attached hydrogens (tertiary/aromatic N) is 5. The Bertz CT molecular complexity index is 1830. The van der Waals surface area contributed by atoms with Crippen molar-refractivity contribution in [1.82, 2.24) is 20.0 Å². The quantitative estimate of drug-likeness (QED) is 0.234. The normalized spacial score (nSPS) is 17.1. The van der Waals surface area contributed by atoms with Gasteiger partial charge in [0, 0.05) is 53.1 Å². The van der Waals surface area contributed by atoms with Gasteiger partial charge in [0.2, 0.25) is 5.82 Å². The van der Waals surface area contributed by atoms with Gasteiger partial charge < -0.3 is 24.4 Å². The summed E-state index contributed by atoms with van der Waals surface area (Å²) in [6, 6.07) is 10.3. The molecule has 1 aromatic heterocycles. The van der Waals surface area contributed by atoms with Crippen LogP contribution in [0.15, 0.2) is 42.5 Å². The van der Waals surface area contributed by atoms with E-state index >= 15 is 0 Å². The van der Waals surface area contributed by atoms with Crippen LogP contribution in [0.3, 0.4) is 0 Å². The van der Waals surface area contributed by atoms with Crippen molar-refractivity contribution in [3.05, 3.63) is 75.1 Å². The van der Waals surface area contributed by atoms with Crippen molar-refractivity contribution in [2.45, 2.75) is 91.7 Å². The first-order valence-electron chi connectivity index (χ1n) is 16.9. The average molecular weight is 776 g/mol. The maximum Gasteiger partial charge on any atom is 0.425 e. The lowest BCUT2D eigenvalue weighted by Gasteiger charge is -2.42. The lowest BCUT2D eigenvalue weighted by atomic mass is 10.1. The van der Waals surface area contributed by atoms with E-state index in [1.165, 1.54) is 13.0 Å². The molecule has 0 unspecified atom stereocenters. The zero-order chi connectivity index (χ0) is 39.6. The second-order valence-corrected chi connectivity index (χ2v) is 15.6. The van der Waals surface area contributed by atoms with Gasteiger partial charge in [-0.3, -0.25) is 14.5 Å². The molecule has 0 aliphatic carbocycles. The van der Waals surface area contributed by atoms with Gasteiger partial charge in [-0.15, -0.1) is 10.2 Å². The summed E-state index contributed by atoms with van der Waals surface area (Å²) in [5, 5.41) is 10.5. The Morgan fingerprint density at radius 2 is 1.45 bits per heavy atom. The number of ether oxygens (including phenoxy) is 3. The molecule has 1 aliphatic rings. The zero-order valence-corrected chi connectivity index (χ0v) is 32.9. The van der Waals surface area contributed by atoms with Crippen molar-refractivity contribution in [2.75, 3.05) is 30.4 Å². The van der Waals surface area contributed by atoms with Crippen molar-refractivity contribution in [2.24, 2.45) is 0 Å². The van der Waals surface area contributed by atoms with Gasteiger partial charge in [-0.1, -0.05) is 23.2 Å². The van der Waals surface area contributed by atoms with E-state index in [1.807, 2.05) is 11.9 Å². The van der Waals surface area contributed by atoms with Gasteiger partial charge in [-0.25, -0.2) is 14.0 Å². The molecule has 1 aliphatic heterocycles. The minimum atomic E-state index is -1.17. The Morgan fingerprint density at radius 3 is 1.98 bits per heavy atom. The summed E-state index contributed by atoms with van der Waals surface area (Å²) in [6.45, 7) is 16.4. The summed E-state index contributed by atoms with van der Waals surface area (Å²) in [7, 11) is 2.04. The molecular formula is C37H45Cl2FN6O7. The molecule has 1 saturated heterocycles. The first-order chi connectivity index (χ1) is 24.6. The minimum Gasteiger partial charge on any atom is -0.482 e. The fourth-order valence-corrected chi connectivity index (χ4v) is 6.07. The number of halogens is 3. The fraction of sp³-hybridized carbons (Fsp3) is 0.459. The van der Waals surface area contributed by atoms with Gasteiger partial charge in [-0.2, -0.15) is 4.90 Å². The predicted octanol–water partition coefficient (Wildman–Crippen LogP) is 8.16. The fourth-order valence-electron chi connectivity index (χ4n) is 5.39. The summed E-state index contributed by atoms with van der Waals surface area (Å²) in [4.78, 5) is 58.3. The molecule has 2 heterocycles. The zero-order valence-electron chi connectivity index (χ0n) is 31.4. The van der Waals surface area contributed by atoms with Gasteiger partial charge in [-0.05, 0) is 106 Å². The van der Waals surface area contributed by atoms with Crippen LogP contribution in [0.1, 0.15) is 94.8 Å². The molecule has 13 nitrogen and oxygen atoms in total. The molecule has 2 aromatic carbocycles. The maximum atomic E-state index is 14.5. The summed E-state index contributed by atoms with van der Waals surface area (Å²) in [6.07, 6.45) is -3.46.